The first kappa shape index (κ1) is 35.6. The largest absolute Gasteiger partial charge is 0.467 e. The quantitative estimate of drug-likeness (QED) is 0.0794. The number of methoxy groups -OCH3 is 2. The summed E-state index contributed by atoms with van der Waals surface area (Å²) in [7, 11) is -0.520. The Balaban J connectivity index is 2.78. The van der Waals surface area contributed by atoms with Crippen LogP contribution in [0, 0.1) is 0 Å². The fourth-order valence-electron chi connectivity index (χ4n) is 3.20. The highest BCUT2D eigenvalue weighted by atomic mass is 28.4. The summed E-state index contributed by atoms with van der Waals surface area (Å²) in [6.07, 6.45) is 11.5. The zero-order chi connectivity index (χ0) is 29.7. The van der Waals surface area contributed by atoms with Gasteiger partial charge < -0.3 is 27.8 Å². The van der Waals surface area contributed by atoms with E-state index >= 15 is 0 Å². The van der Waals surface area contributed by atoms with Crippen molar-refractivity contribution in [3.05, 3.63) is 42.0 Å². The minimum atomic E-state index is -1.89. The normalized spacial score (nSPS) is 14.4. The predicted octanol–water partition coefficient (Wildman–Crippen LogP) is 8.80. The van der Waals surface area contributed by atoms with E-state index in [4.69, 9.17) is 27.8 Å². The van der Waals surface area contributed by atoms with Crippen molar-refractivity contribution in [2.24, 2.45) is 0 Å². The average molecular weight is 581 g/mol. The number of allylic oxidation sites excluding steroid dienone is 3. The van der Waals surface area contributed by atoms with E-state index in [1.807, 2.05) is 30.4 Å². The summed E-state index contributed by atoms with van der Waals surface area (Å²) >= 11 is 0. The van der Waals surface area contributed by atoms with Crippen LogP contribution in [0.15, 0.2) is 36.4 Å². The highest BCUT2D eigenvalue weighted by Gasteiger charge is 2.41. The molecule has 8 heteroatoms. The summed E-state index contributed by atoms with van der Waals surface area (Å²) in [6.45, 7) is 24.1. The molecule has 0 unspecified atom stereocenters. The van der Waals surface area contributed by atoms with Gasteiger partial charge in [0.2, 0.25) is 0 Å². The summed E-state index contributed by atoms with van der Waals surface area (Å²) in [5.41, 5.74) is 0.977. The Labute approximate surface area is 241 Å². The Morgan fingerprint density at radius 1 is 0.769 bits per heavy atom. The molecule has 0 amide bonds. The van der Waals surface area contributed by atoms with Crippen molar-refractivity contribution in [2.45, 2.75) is 103 Å². The van der Waals surface area contributed by atoms with E-state index in [0.717, 1.165) is 24.8 Å². The number of unbranched alkanes of at least 4 members (excludes halogenated alkanes) is 1. The minimum Gasteiger partial charge on any atom is -0.467 e. The molecule has 1 rings (SSSR count). The minimum absolute atomic E-state index is 0.129. The molecule has 0 N–H and O–H groups in total. The monoisotopic (exact) mass is 580 g/mol. The lowest BCUT2D eigenvalue weighted by Crippen LogP contribution is -2.47. The van der Waals surface area contributed by atoms with Gasteiger partial charge in [-0.3, -0.25) is 0 Å². The van der Waals surface area contributed by atoms with E-state index in [2.05, 4.69) is 79.9 Å². The van der Waals surface area contributed by atoms with Crippen molar-refractivity contribution in [3.8, 4) is 11.5 Å². The van der Waals surface area contributed by atoms with Gasteiger partial charge in [0.05, 0.1) is 12.7 Å². The summed E-state index contributed by atoms with van der Waals surface area (Å²) < 4.78 is 34.7. The smallest absolute Gasteiger partial charge is 0.192 e. The van der Waals surface area contributed by atoms with Crippen LogP contribution in [0.1, 0.15) is 66.4 Å². The van der Waals surface area contributed by atoms with Gasteiger partial charge in [-0.25, -0.2) is 0 Å². The van der Waals surface area contributed by atoms with Crippen LogP contribution in [0.25, 0.3) is 6.08 Å². The maximum atomic E-state index is 6.83. The lowest BCUT2D eigenvalue weighted by Gasteiger charge is -2.41. The first-order valence-electron chi connectivity index (χ1n) is 14.1. The molecule has 0 heterocycles. The van der Waals surface area contributed by atoms with Gasteiger partial charge in [0.1, 0.15) is 11.5 Å². The van der Waals surface area contributed by atoms with E-state index in [-0.39, 0.29) is 29.8 Å². The van der Waals surface area contributed by atoms with Crippen LogP contribution in [0.2, 0.25) is 36.3 Å². The molecule has 0 spiro atoms. The number of hydrogen-bond acceptors (Lipinski definition) is 6. The Hall–Kier alpha value is -1.43. The highest BCUT2D eigenvalue weighted by molar-refractivity contribution is 6.74. The molecule has 0 fully saturated rings. The Morgan fingerprint density at radius 3 is 1.79 bits per heavy atom. The summed E-state index contributed by atoms with van der Waals surface area (Å²) in [6, 6.07) is 5.73. The molecule has 0 saturated carbocycles. The van der Waals surface area contributed by atoms with Crippen molar-refractivity contribution >= 4 is 22.7 Å². The van der Waals surface area contributed by atoms with Crippen molar-refractivity contribution in [1.29, 1.82) is 0 Å². The standard InChI is InChI=1S/C31H56O6Si2/c1-30(2,3)38(9,10)36-23-27(37-39(11,12)31(4,5)6)19-17-15-13-14-16-18-26-20-28(34-24-32-7)22-29(21-26)35-25-33-8/h13-14,16,18,20-22,27H,15,17,19,23-25H2,1-12H3/b14-13+,18-16+/t27-/m0/s1. The molecule has 39 heavy (non-hydrogen) atoms. The van der Waals surface area contributed by atoms with Crippen LogP contribution in [0.3, 0.4) is 0 Å². The van der Waals surface area contributed by atoms with Crippen LogP contribution in [-0.2, 0) is 18.3 Å². The molecule has 0 bridgehead atoms. The van der Waals surface area contributed by atoms with E-state index < -0.39 is 16.6 Å². The zero-order valence-corrected chi connectivity index (χ0v) is 28.8. The van der Waals surface area contributed by atoms with Crippen molar-refractivity contribution in [3.63, 3.8) is 0 Å². The molecule has 0 radical (unpaired) electrons. The molecule has 0 aliphatic rings. The molecule has 1 aromatic carbocycles. The molecule has 0 aliphatic heterocycles. The maximum Gasteiger partial charge on any atom is 0.192 e. The van der Waals surface area contributed by atoms with E-state index in [1.54, 1.807) is 14.2 Å². The third kappa shape index (κ3) is 13.2. The first-order chi connectivity index (χ1) is 18.0. The highest BCUT2D eigenvalue weighted by Crippen LogP contribution is 2.39. The van der Waals surface area contributed by atoms with Gasteiger partial charge in [-0.05, 0) is 73.2 Å². The van der Waals surface area contributed by atoms with Crippen molar-refractivity contribution in [2.75, 3.05) is 34.4 Å². The second-order valence-corrected chi connectivity index (χ2v) is 22.7. The van der Waals surface area contributed by atoms with Gasteiger partial charge in [-0.15, -0.1) is 0 Å². The SMILES string of the molecule is COCOc1cc(/C=C/C=C/CCC[C@@H](CO[Si](C)(C)C(C)(C)C)O[Si](C)(C)C(C)(C)C)cc(OCOC)c1. The van der Waals surface area contributed by atoms with Crippen LogP contribution in [0.5, 0.6) is 11.5 Å². The Morgan fingerprint density at radius 2 is 1.31 bits per heavy atom. The first-order valence-corrected chi connectivity index (χ1v) is 19.9. The summed E-state index contributed by atoms with van der Waals surface area (Å²) in [4.78, 5) is 0. The average Bonchev–Trinajstić information content (AvgIpc) is 2.82. The number of hydrogen-bond donors (Lipinski definition) is 0. The number of benzene rings is 1. The van der Waals surface area contributed by atoms with E-state index in [9.17, 15) is 0 Å². The van der Waals surface area contributed by atoms with Gasteiger partial charge in [-0.2, -0.15) is 0 Å². The van der Waals surface area contributed by atoms with Crippen molar-refractivity contribution < 1.29 is 27.8 Å². The van der Waals surface area contributed by atoms with Gasteiger partial charge in [-0.1, -0.05) is 65.8 Å². The van der Waals surface area contributed by atoms with Crippen LogP contribution < -0.4 is 9.47 Å². The Kier molecular flexibility index (Phi) is 14.7. The van der Waals surface area contributed by atoms with Crippen LogP contribution in [-0.4, -0.2) is 57.2 Å². The van der Waals surface area contributed by atoms with E-state index in [0.29, 0.717) is 18.1 Å². The predicted molar refractivity (Wildman–Crippen MR) is 169 cm³/mol. The molecule has 1 aromatic rings. The third-order valence-electron chi connectivity index (χ3n) is 7.73. The van der Waals surface area contributed by atoms with Crippen molar-refractivity contribution in [1.82, 2.24) is 0 Å². The van der Waals surface area contributed by atoms with Gasteiger partial charge in [0.25, 0.3) is 0 Å². The molecular weight excluding hydrogens is 525 g/mol. The van der Waals surface area contributed by atoms with Crippen LogP contribution >= 0.6 is 0 Å². The molecule has 0 saturated heterocycles. The second-order valence-electron chi connectivity index (χ2n) is 13.1. The number of ether oxygens (including phenoxy) is 4. The third-order valence-corrected chi connectivity index (χ3v) is 16.8. The molecule has 6 nitrogen and oxygen atoms in total. The molecule has 1 atom stereocenters. The summed E-state index contributed by atoms with van der Waals surface area (Å²) in [5, 5.41) is 0.364. The fraction of sp³-hybridized carbons (Fsp3) is 0.677. The second kappa shape index (κ2) is 16.1. The summed E-state index contributed by atoms with van der Waals surface area (Å²) in [5.74, 6) is 1.36. The molecule has 0 aromatic heterocycles. The molecular formula is C31H56O6Si2. The Bertz CT molecular complexity index is 871. The lowest BCUT2D eigenvalue weighted by atomic mass is 10.1. The maximum absolute atomic E-state index is 6.83. The number of rotatable bonds is 17. The van der Waals surface area contributed by atoms with Gasteiger partial charge >= 0.3 is 0 Å². The van der Waals surface area contributed by atoms with Crippen LogP contribution in [0.4, 0.5) is 0 Å². The van der Waals surface area contributed by atoms with Gasteiger partial charge in [0, 0.05) is 20.3 Å². The molecule has 0 aliphatic carbocycles. The fourth-order valence-corrected chi connectivity index (χ4v) is 5.61. The van der Waals surface area contributed by atoms with Gasteiger partial charge in [0.15, 0.2) is 30.2 Å². The topological polar surface area (TPSA) is 55.4 Å². The molecule has 224 valence electrons. The zero-order valence-electron chi connectivity index (χ0n) is 26.8. The lowest BCUT2D eigenvalue weighted by molar-refractivity contribution is 0.0460. The van der Waals surface area contributed by atoms with E-state index in [1.165, 1.54) is 0 Å².